The number of aryl methyl sites for hydroxylation is 2. The average molecular weight is 252 g/mol. The highest BCUT2D eigenvalue weighted by Crippen LogP contribution is 2.07. The maximum Gasteiger partial charge on any atom is 0.0827 e. The van der Waals surface area contributed by atoms with Crippen molar-refractivity contribution in [2.45, 2.75) is 71.3 Å². The number of hydrogen-bond donors (Lipinski definition) is 1. The van der Waals surface area contributed by atoms with E-state index in [0.29, 0.717) is 0 Å². The molecular weight excluding hydrogens is 224 g/mol. The molecule has 104 valence electrons. The summed E-state index contributed by atoms with van der Waals surface area (Å²) in [7, 11) is 0. The van der Waals surface area contributed by atoms with Crippen LogP contribution < -0.4 is 5.73 Å². The molecule has 0 saturated carbocycles. The van der Waals surface area contributed by atoms with Crippen molar-refractivity contribution in [1.82, 2.24) is 15.0 Å². The fourth-order valence-corrected chi connectivity index (χ4v) is 2.08. The van der Waals surface area contributed by atoms with Gasteiger partial charge in [-0.2, -0.15) is 0 Å². The van der Waals surface area contributed by atoms with E-state index in [4.69, 9.17) is 5.73 Å². The molecule has 0 radical (unpaired) electrons. The topological polar surface area (TPSA) is 56.7 Å². The molecule has 0 aliphatic heterocycles. The monoisotopic (exact) mass is 252 g/mol. The fourth-order valence-electron chi connectivity index (χ4n) is 2.08. The maximum absolute atomic E-state index is 5.48. The predicted octanol–water partition coefficient (Wildman–Crippen LogP) is 2.92. The van der Waals surface area contributed by atoms with E-state index in [1.807, 2.05) is 4.68 Å². The van der Waals surface area contributed by atoms with Crippen molar-refractivity contribution >= 4 is 0 Å². The zero-order valence-corrected chi connectivity index (χ0v) is 11.8. The Balaban J connectivity index is 2.03. The second kappa shape index (κ2) is 10.1. The first-order valence-electron chi connectivity index (χ1n) is 7.46. The van der Waals surface area contributed by atoms with Gasteiger partial charge in [0.25, 0.3) is 0 Å². The van der Waals surface area contributed by atoms with Gasteiger partial charge in [-0.3, -0.25) is 4.68 Å². The van der Waals surface area contributed by atoms with Gasteiger partial charge in [0.05, 0.1) is 5.69 Å². The molecule has 0 saturated heterocycles. The summed E-state index contributed by atoms with van der Waals surface area (Å²) in [6.07, 6.45) is 13.4. The van der Waals surface area contributed by atoms with Gasteiger partial charge in [0.15, 0.2) is 0 Å². The lowest BCUT2D eigenvalue weighted by molar-refractivity contribution is 0.513. The fraction of sp³-hybridized carbons (Fsp3) is 0.857. The van der Waals surface area contributed by atoms with Gasteiger partial charge in [0, 0.05) is 12.7 Å². The Bertz CT molecular complexity index is 296. The largest absolute Gasteiger partial charge is 0.330 e. The van der Waals surface area contributed by atoms with Crippen LogP contribution in [0.4, 0.5) is 0 Å². The highest BCUT2D eigenvalue weighted by molar-refractivity contribution is 4.92. The standard InChI is InChI=1S/C14H28N4/c1-2-3-4-5-6-7-8-12-18-13-14(16-17-18)10-9-11-15/h13H,2-12,15H2,1H3. The molecule has 4 nitrogen and oxygen atoms in total. The third kappa shape index (κ3) is 6.74. The van der Waals surface area contributed by atoms with Crippen molar-refractivity contribution in [2.24, 2.45) is 5.73 Å². The lowest BCUT2D eigenvalue weighted by atomic mass is 10.1. The number of hydrogen-bond acceptors (Lipinski definition) is 3. The summed E-state index contributed by atoms with van der Waals surface area (Å²) < 4.78 is 1.97. The van der Waals surface area contributed by atoms with Gasteiger partial charge < -0.3 is 5.73 Å². The first kappa shape index (κ1) is 15.2. The van der Waals surface area contributed by atoms with Crippen molar-refractivity contribution in [1.29, 1.82) is 0 Å². The Morgan fingerprint density at radius 3 is 2.50 bits per heavy atom. The van der Waals surface area contributed by atoms with E-state index in [2.05, 4.69) is 23.4 Å². The minimum Gasteiger partial charge on any atom is -0.330 e. The molecule has 0 amide bonds. The minimum atomic E-state index is 0.727. The van der Waals surface area contributed by atoms with Crippen LogP contribution in [0.5, 0.6) is 0 Å². The Hall–Kier alpha value is -0.900. The van der Waals surface area contributed by atoms with Crippen molar-refractivity contribution in [3.63, 3.8) is 0 Å². The number of unbranched alkanes of at least 4 members (excludes halogenated alkanes) is 6. The van der Waals surface area contributed by atoms with E-state index >= 15 is 0 Å². The number of nitrogens with two attached hydrogens (primary N) is 1. The second-order valence-electron chi connectivity index (χ2n) is 4.99. The molecule has 1 heterocycles. The average Bonchev–Trinajstić information content (AvgIpc) is 2.83. The molecule has 0 fully saturated rings. The molecule has 18 heavy (non-hydrogen) atoms. The molecule has 0 atom stereocenters. The SMILES string of the molecule is CCCCCCCCCn1cc(CCCN)nn1. The lowest BCUT2D eigenvalue weighted by Gasteiger charge is -2.01. The van der Waals surface area contributed by atoms with Gasteiger partial charge in [0.2, 0.25) is 0 Å². The van der Waals surface area contributed by atoms with Gasteiger partial charge in [-0.25, -0.2) is 0 Å². The quantitative estimate of drug-likeness (QED) is 0.616. The van der Waals surface area contributed by atoms with Gasteiger partial charge in [0.1, 0.15) is 0 Å². The molecule has 0 aromatic carbocycles. The summed E-state index contributed by atoms with van der Waals surface area (Å²) in [5.41, 5.74) is 6.55. The minimum absolute atomic E-state index is 0.727. The normalized spacial score (nSPS) is 11.0. The van der Waals surface area contributed by atoms with Crippen LogP contribution in [-0.2, 0) is 13.0 Å². The van der Waals surface area contributed by atoms with Crippen molar-refractivity contribution in [2.75, 3.05) is 6.54 Å². The van der Waals surface area contributed by atoms with Gasteiger partial charge in [-0.05, 0) is 25.8 Å². The smallest absolute Gasteiger partial charge is 0.0827 e. The van der Waals surface area contributed by atoms with E-state index < -0.39 is 0 Å². The van der Waals surface area contributed by atoms with E-state index in [1.54, 1.807) is 0 Å². The molecule has 0 bridgehead atoms. The number of rotatable bonds is 11. The lowest BCUT2D eigenvalue weighted by Crippen LogP contribution is -2.00. The molecule has 1 aromatic rings. The van der Waals surface area contributed by atoms with Crippen molar-refractivity contribution < 1.29 is 0 Å². The second-order valence-corrected chi connectivity index (χ2v) is 4.99. The Kier molecular flexibility index (Phi) is 8.47. The highest BCUT2D eigenvalue weighted by atomic mass is 15.4. The molecular formula is C14H28N4. The van der Waals surface area contributed by atoms with Crippen LogP contribution in [0.1, 0.15) is 64.0 Å². The Morgan fingerprint density at radius 1 is 1.06 bits per heavy atom. The summed E-state index contributed by atoms with van der Waals surface area (Å²) in [4.78, 5) is 0. The summed E-state index contributed by atoms with van der Waals surface area (Å²) >= 11 is 0. The zero-order valence-electron chi connectivity index (χ0n) is 11.8. The van der Waals surface area contributed by atoms with Gasteiger partial charge >= 0.3 is 0 Å². The maximum atomic E-state index is 5.48. The third-order valence-electron chi connectivity index (χ3n) is 3.21. The first-order chi connectivity index (χ1) is 8.86. The van der Waals surface area contributed by atoms with Crippen LogP contribution in [-0.4, -0.2) is 21.5 Å². The number of nitrogens with zero attached hydrogens (tertiary/aromatic N) is 3. The van der Waals surface area contributed by atoms with E-state index in [0.717, 1.165) is 31.6 Å². The van der Waals surface area contributed by atoms with Crippen molar-refractivity contribution in [3.05, 3.63) is 11.9 Å². The molecule has 0 aliphatic rings. The highest BCUT2D eigenvalue weighted by Gasteiger charge is 2.00. The molecule has 0 aliphatic carbocycles. The van der Waals surface area contributed by atoms with Crippen LogP contribution in [0, 0.1) is 0 Å². The zero-order chi connectivity index (χ0) is 13.1. The number of aromatic nitrogens is 3. The van der Waals surface area contributed by atoms with Crippen LogP contribution in [0.15, 0.2) is 6.20 Å². The molecule has 4 heteroatoms. The van der Waals surface area contributed by atoms with Crippen LogP contribution in [0.25, 0.3) is 0 Å². The molecule has 0 unspecified atom stereocenters. The summed E-state index contributed by atoms with van der Waals surface area (Å²) in [5.74, 6) is 0. The third-order valence-corrected chi connectivity index (χ3v) is 3.21. The summed E-state index contributed by atoms with van der Waals surface area (Å²) in [5, 5.41) is 8.29. The summed E-state index contributed by atoms with van der Waals surface area (Å²) in [6, 6.07) is 0. The predicted molar refractivity (Wildman–Crippen MR) is 75.4 cm³/mol. The van der Waals surface area contributed by atoms with Gasteiger partial charge in [-0.15, -0.1) is 5.10 Å². The van der Waals surface area contributed by atoms with Crippen LogP contribution >= 0.6 is 0 Å². The van der Waals surface area contributed by atoms with E-state index in [9.17, 15) is 0 Å². The van der Waals surface area contributed by atoms with Crippen molar-refractivity contribution in [3.8, 4) is 0 Å². The summed E-state index contributed by atoms with van der Waals surface area (Å²) in [6.45, 7) is 3.99. The molecule has 2 N–H and O–H groups in total. The first-order valence-corrected chi connectivity index (χ1v) is 7.46. The van der Waals surface area contributed by atoms with E-state index in [-0.39, 0.29) is 0 Å². The van der Waals surface area contributed by atoms with Gasteiger partial charge in [-0.1, -0.05) is 50.7 Å². The Labute approximate surface area is 111 Å². The van der Waals surface area contributed by atoms with E-state index in [1.165, 1.54) is 44.9 Å². The van der Waals surface area contributed by atoms with Crippen LogP contribution in [0.3, 0.4) is 0 Å². The van der Waals surface area contributed by atoms with Crippen LogP contribution in [0.2, 0.25) is 0 Å². The Morgan fingerprint density at radius 2 is 1.78 bits per heavy atom. The molecule has 0 spiro atoms. The molecule has 1 aromatic heterocycles. The molecule has 1 rings (SSSR count).